The van der Waals surface area contributed by atoms with E-state index in [0.717, 1.165) is 30.8 Å². The lowest BCUT2D eigenvalue weighted by Gasteiger charge is -2.30. The standard InChI is InChI=1S/C17H34O2Si2/c1-8-21(9-2,14-10-13-20(5,6)7)19-17(11-12-18)15-16(3)4/h12,16-17H,8-9,11,13,15H2,1-7H3. The van der Waals surface area contributed by atoms with E-state index in [1.807, 2.05) is 0 Å². The fourth-order valence-corrected chi connectivity index (χ4v) is 5.52. The van der Waals surface area contributed by atoms with Gasteiger partial charge in [-0.3, -0.25) is 0 Å². The van der Waals surface area contributed by atoms with Crippen LogP contribution in [-0.4, -0.2) is 28.8 Å². The summed E-state index contributed by atoms with van der Waals surface area (Å²) in [4.78, 5) is 10.9. The lowest BCUT2D eigenvalue weighted by molar-refractivity contribution is -0.109. The minimum absolute atomic E-state index is 0.0512. The van der Waals surface area contributed by atoms with E-state index in [-0.39, 0.29) is 6.10 Å². The largest absolute Gasteiger partial charge is 0.402 e. The first-order chi connectivity index (χ1) is 9.68. The molecule has 1 atom stereocenters. The summed E-state index contributed by atoms with van der Waals surface area (Å²) in [5.74, 6) is 3.98. The molecule has 0 radical (unpaired) electrons. The first-order valence-electron chi connectivity index (χ1n) is 8.29. The first kappa shape index (κ1) is 20.6. The molecule has 122 valence electrons. The molecule has 21 heavy (non-hydrogen) atoms. The van der Waals surface area contributed by atoms with Crippen LogP contribution in [0.25, 0.3) is 0 Å². The van der Waals surface area contributed by atoms with E-state index in [4.69, 9.17) is 4.43 Å². The molecule has 0 amide bonds. The molecule has 0 heterocycles. The summed E-state index contributed by atoms with van der Waals surface area (Å²) in [6.45, 7) is 15.8. The van der Waals surface area contributed by atoms with E-state index in [9.17, 15) is 4.79 Å². The molecule has 0 saturated heterocycles. The van der Waals surface area contributed by atoms with Crippen molar-refractivity contribution in [1.29, 1.82) is 0 Å². The zero-order chi connectivity index (χ0) is 16.5. The van der Waals surface area contributed by atoms with Crippen molar-refractivity contribution >= 4 is 22.7 Å². The SMILES string of the molecule is CC[Si](C#CC[Si](C)(C)C)(CC)OC(CC=O)CC(C)C. The molecule has 0 saturated carbocycles. The minimum Gasteiger partial charge on any atom is -0.402 e. The molecule has 0 N–H and O–H groups in total. The van der Waals surface area contributed by atoms with Crippen LogP contribution in [0.4, 0.5) is 0 Å². The Bertz CT molecular complexity index is 357. The molecule has 0 aromatic heterocycles. The Labute approximate surface area is 134 Å². The zero-order valence-electron chi connectivity index (χ0n) is 15.1. The van der Waals surface area contributed by atoms with Crippen LogP contribution in [0.5, 0.6) is 0 Å². The smallest absolute Gasteiger partial charge is 0.271 e. The third-order valence-corrected chi connectivity index (χ3v) is 8.50. The van der Waals surface area contributed by atoms with E-state index in [1.54, 1.807) is 0 Å². The molecular weight excluding hydrogens is 292 g/mol. The Hall–Kier alpha value is -0.376. The molecule has 1 unspecified atom stereocenters. The average Bonchev–Trinajstić information content (AvgIpc) is 2.35. The highest BCUT2D eigenvalue weighted by atomic mass is 28.4. The van der Waals surface area contributed by atoms with Crippen LogP contribution in [0.3, 0.4) is 0 Å². The molecule has 0 fully saturated rings. The van der Waals surface area contributed by atoms with E-state index in [2.05, 4.69) is 58.8 Å². The molecule has 0 rings (SSSR count). The van der Waals surface area contributed by atoms with Gasteiger partial charge in [-0.1, -0.05) is 52.9 Å². The second kappa shape index (κ2) is 9.60. The summed E-state index contributed by atoms with van der Waals surface area (Å²) in [6, 6.07) is 3.05. The number of hydrogen-bond acceptors (Lipinski definition) is 2. The lowest BCUT2D eigenvalue weighted by Crippen LogP contribution is -2.40. The number of rotatable bonds is 9. The van der Waals surface area contributed by atoms with E-state index < -0.39 is 16.4 Å². The molecular formula is C17H34O2Si2. The number of hydrogen-bond donors (Lipinski definition) is 0. The van der Waals surface area contributed by atoms with Gasteiger partial charge in [0, 0.05) is 12.5 Å². The number of aldehydes is 1. The van der Waals surface area contributed by atoms with Gasteiger partial charge in [-0.05, 0) is 24.4 Å². The molecule has 0 aromatic carbocycles. The summed E-state index contributed by atoms with van der Waals surface area (Å²) in [7, 11) is -3.14. The monoisotopic (exact) mass is 326 g/mol. The summed E-state index contributed by atoms with van der Waals surface area (Å²) in [5.41, 5.74) is 3.54. The van der Waals surface area contributed by atoms with Gasteiger partial charge in [0.2, 0.25) is 0 Å². The van der Waals surface area contributed by atoms with Crippen molar-refractivity contribution in [3.8, 4) is 11.5 Å². The predicted octanol–water partition coefficient (Wildman–Crippen LogP) is 4.87. The highest BCUT2D eigenvalue weighted by Crippen LogP contribution is 2.23. The first-order valence-corrected chi connectivity index (χ1v) is 14.3. The highest BCUT2D eigenvalue weighted by Gasteiger charge is 2.32. The van der Waals surface area contributed by atoms with Gasteiger partial charge in [0.1, 0.15) is 6.29 Å². The van der Waals surface area contributed by atoms with Crippen LogP contribution >= 0.6 is 0 Å². The van der Waals surface area contributed by atoms with Crippen molar-refractivity contribution in [1.82, 2.24) is 0 Å². The van der Waals surface area contributed by atoms with Gasteiger partial charge in [-0.25, -0.2) is 0 Å². The van der Waals surface area contributed by atoms with Crippen LogP contribution in [0.15, 0.2) is 0 Å². The minimum atomic E-state index is -2.01. The van der Waals surface area contributed by atoms with Gasteiger partial charge in [-0.2, -0.15) is 0 Å². The van der Waals surface area contributed by atoms with Gasteiger partial charge in [0.15, 0.2) is 0 Å². The lowest BCUT2D eigenvalue weighted by atomic mass is 10.0. The van der Waals surface area contributed by atoms with Gasteiger partial charge in [0.25, 0.3) is 8.32 Å². The van der Waals surface area contributed by atoms with E-state index in [1.165, 1.54) is 0 Å². The van der Waals surface area contributed by atoms with E-state index >= 15 is 0 Å². The van der Waals surface area contributed by atoms with Crippen molar-refractivity contribution in [2.45, 2.75) is 84.4 Å². The molecule has 0 aliphatic carbocycles. The van der Waals surface area contributed by atoms with Crippen molar-refractivity contribution in [2.75, 3.05) is 0 Å². The quantitative estimate of drug-likeness (QED) is 0.343. The Morgan fingerprint density at radius 3 is 2.10 bits per heavy atom. The number of carbonyl (C=O) groups excluding carboxylic acids is 1. The number of carbonyl (C=O) groups is 1. The molecule has 2 nitrogen and oxygen atoms in total. The van der Waals surface area contributed by atoms with E-state index in [0.29, 0.717) is 12.3 Å². The molecule has 4 heteroatoms. The maximum Gasteiger partial charge on any atom is 0.271 e. The third kappa shape index (κ3) is 9.28. The second-order valence-corrected chi connectivity index (χ2v) is 16.9. The Morgan fingerprint density at radius 1 is 1.14 bits per heavy atom. The Morgan fingerprint density at radius 2 is 1.71 bits per heavy atom. The van der Waals surface area contributed by atoms with Crippen LogP contribution in [0.2, 0.25) is 37.8 Å². The normalized spacial score (nSPS) is 13.7. The van der Waals surface area contributed by atoms with Crippen LogP contribution < -0.4 is 0 Å². The molecule has 0 aliphatic heterocycles. The summed E-state index contributed by atoms with van der Waals surface area (Å²) in [5, 5.41) is 0. The predicted molar refractivity (Wildman–Crippen MR) is 97.7 cm³/mol. The Balaban J connectivity index is 5.02. The van der Waals surface area contributed by atoms with Crippen LogP contribution in [0.1, 0.15) is 40.5 Å². The molecule has 0 spiro atoms. The molecule has 0 aliphatic rings. The fraction of sp³-hybridized carbons (Fsp3) is 0.824. The van der Waals surface area contributed by atoms with Gasteiger partial charge in [-0.15, -0.1) is 5.92 Å². The average molecular weight is 327 g/mol. The Kier molecular flexibility index (Phi) is 9.43. The highest BCUT2D eigenvalue weighted by molar-refractivity contribution is 6.82. The third-order valence-electron chi connectivity index (χ3n) is 3.56. The molecule has 0 aromatic rings. The van der Waals surface area contributed by atoms with Gasteiger partial charge < -0.3 is 9.22 Å². The summed E-state index contributed by atoms with van der Waals surface area (Å²) < 4.78 is 6.45. The van der Waals surface area contributed by atoms with Crippen LogP contribution in [-0.2, 0) is 9.22 Å². The van der Waals surface area contributed by atoms with Crippen molar-refractivity contribution in [3.63, 3.8) is 0 Å². The summed E-state index contributed by atoms with van der Waals surface area (Å²) in [6.07, 6.45) is 2.49. The van der Waals surface area contributed by atoms with Crippen LogP contribution in [0, 0.1) is 17.4 Å². The van der Waals surface area contributed by atoms with Crippen molar-refractivity contribution < 1.29 is 9.22 Å². The maximum absolute atomic E-state index is 10.9. The van der Waals surface area contributed by atoms with Gasteiger partial charge in [0.05, 0.1) is 14.2 Å². The topological polar surface area (TPSA) is 26.3 Å². The molecule has 0 bridgehead atoms. The maximum atomic E-state index is 10.9. The van der Waals surface area contributed by atoms with Gasteiger partial charge >= 0.3 is 0 Å². The van der Waals surface area contributed by atoms with Crippen molar-refractivity contribution in [2.24, 2.45) is 5.92 Å². The second-order valence-electron chi connectivity index (χ2n) is 7.51. The van der Waals surface area contributed by atoms with Crippen molar-refractivity contribution in [3.05, 3.63) is 0 Å². The summed E-state index contributed by atoms with van der Waals surface area (Å²) >= 11 is 0. The fourth-order valence-electron chi connectivity index (χ4n) is 2.24. The zero-order valence-corrected chi connectivity index (χ0v) is 17.1.